The molecule has 0 aromatic carbocycles. The van der Waals surface area contributed by atoms with Crippen LogP contribution in [0.2, 0.25) is 5.02 Å². The summed E-state index contributed by atoms with van der Waals surface area (Å²) in [7, 11) is 0. The Labute approximate surface area is 127 Å². The second-order valence-corrected chi connectivity index (χ2v) is 6.52. The van der Waals surface area contributed by atoms with E-state index in [9.17, 15) is 4.79 Å². The molecule has 94 valence electrons. The minimum Gasteiger partial charge on any atom is -0.444 e. The quantitative estimate of drug-likeness (QED) is 0.666. The largest absolute Gasteiger partial charge is 0.444 e. The van der Waals surface area contributed by atoms with Crippen molar-refractivity contribution in [2.75, 3.05) is 5.32 Å². The van der Waals surface area contributed by atoms with Crippen LogP contribution in [-0.2, 0) is 4.74 Å². The molecule has 1 aromatic heterocycles. The molecule has 1 aromatic rings. The lowest BCUT2D eigenvalue weighted by Crippen LogP contribution is -2.27. The minimum absolute atomic E-state index is 0.382. The topological polar surface area (TPSA) is 51.2 Å². The second kappa shape index (κ2) is 5.71. The first kappa shape index (κ1) is 15.0. The number of amides is 1. The van der Waals surface area contributed by atoms with E-state index in [0.29, 0.717) is 18.9 Å². The number of ether oxygens (including phenoxy) is 1. The lowest BCUT2D eigenvalue weighted by atomic mass is 10.2. The summed E-state index contributed by atoms with van der Waals surface area (Å²) in [5, 5.41) is 3.06. The van der Waals surface area contributed by atoms with Gasteiger partial charge in [0.25, 0.3) is 0 Å². The monoisotopic (exact) mass is 432 g/mol. The summed E-state index contributed by atoms with van der Waals surface area (Å²) in [5.41, 5.74) is -0.547. The first-order valence-electron chi connectivity index (χ1n) is 4.70. The van der Waals surface area contributed by atoms with E-state index in [1.54, 1.807) is 20.8 Å². The van der Waals surface area contributed by atoms with Gasteiger partial charge in [0.15, 0.2) is 0 Å². The Balaban J connectivity index is 2.83. The Morgan fingerprint density at radius 2 is 2.18 bits per heavy atom. The zero-order valence-corrected chi connectivity index (χ0v) is 14.0. The molecule has 0 fully saturated rings. The second-order valence-electron chi connectivity index (χ2n) is 4.21. The van der Waals surface area contributed by atoms with Crippen LogP contribution in [0.1, 0.15) is 20.8 Å². The molecule has 0 atom stereocenters. The Bertz CT molecular complexity index is 449. The Morgan fingerprint density at radius 1 is 1.59 bits per heavy atom. The van der Waals surface area contributed by atoms with E-state index in [1.165, 1.54) is 6.20 Å². The number of halogens is 3. The van der Waals surface area contributed by atoms with Gasteiger partial charge in [-0.25, -0.2) is 9.78 Å². The van der Waals surface area contributed by atoms with Crippen molar-refractivity contribution < 1.29 is 9.53 Å². The molecule has 0 aliphatic heterocycles. The van der Waals surface area contributed by atoms with Crippen LogP contribution in [0.4, 0.5) is 10.6 Å². The summed E-state index contributed by atoms with van der Waals surface area (Å²) in [6.45, 7) is 5.37. The van der Waals surface area contributed by atoms with E-state index >= 15 is 0 Å². The molecule has 1 rings (SSSR count). The maximum Gasteiger partial charge on any atom is 0.413 e. The number of carbonyl (C=O) groups is 1. The van der Waals surface area contributed by atoms with E-state index in [2.05, 4.69) is 26.2 Å². The Morgan fingerprint density at radius 3 is 2.71 bits per heavy atom. The molecular formula is C10H11BrClIN2O2. The Hall–Kier alpha value is -0.0800. The fraction of sp³-hybridized carbons (Fsp3) is 0.400. The van der Waals surface area contributed by atoms with E-state index in [0.717, 1.165) is 0 Å². The van der Waals surface area contributed by atoms with Crippen LogP contribution in [0, 0.1) is 3.57 Å². The van der Waals surface area contributed by atoms with Crippen molar-refractivity contribution in [2.24, 2.45) is 0 Å². The molecule has 0 unspecified atom stereocenters. The number of rotatable bonds is 1. The lowest BCUT2D eigenvalue weighted by molar-refractivity contribution is 0.0635. The van der Waals surface area contributed by atoms with Crippen molar-refractivity contribution in [3.05, 3.63) is 19.3 Å². The summed E-state index contributed by atoms with van der Waals surface area (Å²) in [4.78, 5) is 15.6. The van der Waals surface area contributed by atoms with Gasteiger partial charge in [0.2, 0.25) is 0 Å². The highest BCUT2D eigenvalue weighted by atomic mass is 127. The number of hydrogen-bond donors (Lipinski definition) is 1. The van der Waals surface area contributed by atoms with Crippen LogP contribution in [-0.4, -0.2) is 16.7 Å². The molecule has 0 aliphatic rings. The molecule has 0 spiro atoms. The standard InChI is InChI=1S/C10H11BrClIN2O2/c1-10(2,3)17-9(16)15-8-7(13)6(12)5(11)4-14-8/h4H,1-3H3,(H,14,15,16). The first-order chi connectivity index (χ1) is 7.70. The van der Waals surface area contributed by atoms with Crippen LogP contribution in [0.3, 0.4) is 0 Å². The number of nitrogens with zero attached hydrogens (tertiary/aromatic N) is 1. The normalized spacial score (nSPS) is 11.2. The molecule has 1 heterocycles. The highest BCUT2D eigenvalue weighted by molar-refractivity contribution is 14.1. The average Bonchev–Trinajstić information content (AvgIpc) is 2.16. The number of pyridine rings is 1. The maximum atomic E-state index is 11.5. The van der Waals surface area contributed by atoms with Gasteiger partial charge < -0.3 is 4.74 Å². The highest BCUT2D eigenvalue weighted by Gasteiger charge is 2.18. The van der Waals surface area contributed by atoms with Gasteiger partial charge in [-0.3, -0.25) is 5.32 Å². The van der Waals surface area contributed by atoms with Crippen molar-refractivity contribution in [2.45, 2.75) is 26.4 Å². The van der Waals surface area contributed by atoms with Gasteiger partial charge in [0.1, 0.15) is 11.4 Å². The molecule has 0 aliphatic carbocycles. The average molecular weight is 433 g/mol. The van der Waals surface area contributed by atoms with Gasteiger partial charge in [-0.05, 0) is 59.3 Å². The van der Waals surface area contributed by atoms with Gasteiger partial charge in [-0.1, -0.05) is 11.6 Å². The fourth-order valence-electron chi connectivity index (χ4n) is 0.931. The zero-order chi connectivity index (χ0) is 13.2. The van der Waals surface area contributed by atoms with Gasteiger partial charge in [-0.2, -0.15) is 0 Å². The van der Waals surface area contributed by atoms with Gasteiger partial charge in [-0.15, -0.1) is 0 Å². The molecular weight excluding hydrogens is 422 g/mol. The van der Waals surface area contributed by atoms with Crippen LogP contribution in [0.5, 0.6) is 0 Å². The van der Waals surface area contributed by atoms with E-state index in [4.69, 9.17) is 16.3 Å². The summed E-state index contributed by atoms with van der Waals surface area (Å²) in [5.74, 6) is 0.382. The molecule has 4 nitrogen and oxygen atoms in total. The van der Waals surface area contributed by atoms with Crippen molar-refractivity contribution in [3.63, 3.8) is 0 Å². The number of anilines is 1. The van der Waals surface area contributed by atoms with Gasteiger partial charge in [0.05, 0.1) is 13.1 Å². The van der Waals surface area contributed by atoms with Gasteiger partial charge in [0, 0.05) is 6.20 Å². The summed E-state index contributed by atoms with van der Waals surface area (Å²) >= 11 is 11.3. The predicted octanol–water partition coefficient (Wildman–Crippen LogP) is 4.45. The van der Waals surface area contributed by atoms with E-state index in [-0.39, 0.29) is 0 Å². The van der Waals surface area contributed by atoms with Crippen molar-refractivity contribution in [3.8, 4) is 0 Å². The molecule has 0 radical (unpaired) electrons. The van der Waals surface area contributed by atoms with Crippen molar-refractivity contribution in [1.82, 2.24) is 4.98 Å². The van der Waals surface area contributed by atoms with Crippen LogP contribution in [0.15, 0.2) is 10.7 Å². The molecule has 0 bridgehead atoms. The first-order valence-corrected chi connectivity index (χ1v) is 6.95. The SMILES string of the molecule is CC(C)(C)OC(=O)Nc1ncc(Br)c(Cl)c1I. The molecule has 0 saturated heterocycles. The number of hydrogen-bond acceptors (Lipinski definition) is 3. The third kappa shape index (κ3) is 4.59. The number of aromatic nitrogens is 1. The van der Waals surface area contributed by atoms with Crippen molar-refractivity contribution in [1.29, 1.82) is 0 Å². The Kier molecular flexibility index (Phi) is 5.03. The van der Waals surface area contributed by atoms with Crippen LogP contribution in [0.25, 0.3) is 0 Å². The molecule has 17 heavy (non-hydrogen) atoms. The van der Waals surface area contributed by atoms with E-state index < -0.39 is 11.7 Å². The summed E-state index contributed by atoms with van der Waals surface area (Å²) < 4.78 is 6.45. The minimum atomic E-state index is -0.554. The lowest BCUT2D eigenvalue weighted by Gasteiger charge is -2.19. The predicted molar refractivity (Wildman–Crippen MR) is 79.5 cm³/mol. The molecule has 0 saturated carbocycles. The highest BCUT2D eigenvalue weighted by Crippen LogP contribution is 2.31. The summed E-state index contributed by atoms with van der Waals surface area (Å²) in [6.07, 6.45) is 0.971. The van der Waals surface area contributed by atoms with Crippen LogP contribution < -0.4 is 5.32 Å². The molecule has 1 N–H and O–H groups in total. The molecule has 1 amide bonds. The maximum absolute atomic E-state index is 11.5. The number of carbonyl (C=O) groups excluding carboxylic acids is 1. The van der Waals surface area contributed by atoms with E-state index in [1.807, 2.05) is 22.6 Å². The summed E-state index contributed by atoms with van der Waals surface area (Å²) in [6, 6.07) is 0. The third-order valence-corrected chi connectivity index (χ3v) is 4.13. The fourth-order valence-corrected chi connectivity index (χ4v) is 2.30. The zero-order valence-electron chi connectivity index (χ0n) is 9.47. The van der Waals surface area contributed by atoms with Crippen LogP contribution >= 0.6 is 50.1 Å². The van der Waals surface area contributed by atoms with Crippen molar-refractivity contribution >= 4 is 62.0 Å². The smallest absolute Gasteiger partial charge is 0.413 e. The molecule has 7 heteroatoms. The number of nitrogens with one attached hydrogen (secondary N) is 1. The third-order valence-electron chi connectivity index (χ3n) is 1.54. The van der Waals surface area contributed by atoms with Gasteiger partial charge >= 0.3 is 6.09 Å².